The molecule has 5 aromatic rings. The molecule has 0 bridgehead atoms. The van der Waals surface area contributed by atoms with Crippen molar-refractivity contribution in [2.75, 3.05) is 0 Å². The summed E-state index contributed by atoms with van der Waals surface area (Å²) in [6, 6.07) is 15.1. The maximum atomic E-state index is 11.7. The number of hydrogen-bond acceptors (Lipinski definition) is 7. The van der Waals surface area contributed by atoms with Crippen molar-refractivity contribution >= 4 is 75.5 Å². The lowest BCUT2D eigenvalue weighted by molar-refractivity contribution is 0.385. The van der Waals surface area contributed by atoms with Gasteiger partial charge < -0.3 is 13.4 Å². The zero-order valence-corrected chi connectivity index (χ0v) is 19.3. The van der Waals surface area contributed by atoms with Gasteiger partial charge in [-0.2, -0.15) is 16.8 Å². The molecule has 0 amide bonds. The monoisotopic (exact) mass is 525 g/mol. The van der Waals surface area contributed by atoms with Gasteiger partial charge >= 0.3 is 20.8 Å². The Kier molecular flexibility index (Phi) is 5.04. The number of rotatable bonds is 5. The van der Waals surface area contributed by atoms with Crippen LogP contribution in [0.4, 0.5) is 0 Å². The van der Waals surface area contributed by atoms with Crippen LogP contribution in [0.15, 0.2) is 54.6 Å². The standard InChI is InChI=1S/C20H12ClNO8S3/c21-13-6-3-4-10-8-9-12-18(30-33(26,27)28)20(31-19(12)15(10)13)16-17(29-32(23,24)25)11-5-1-2-7-14(11)22-16/h1-9,22H,(H,23,24,25)(H,26,27,28). The number of hydrogen-bond donors (Lipinski definition) is 3. The summed E-state index contributed by atoms with van der Waals surface area (Å²) in [6.45, 7) is 0. The number of halogens is 1. The van der Waals surface area contributed by atoms with Gasteiger partial charge in [-0.15, -0.1) is 11.3 Å². The molecular weight excluding hydrogens is 514 g/mol. The van der Waals surface area contributed by atoms with Crippen LogP contribution in [-0.2, 0) is 20.8 Å². The van der Waals surface area contributed by atoms with Gasteiger partial charge in [-0.1, -0.05) is 41.9 Å². The lowest BCUT2D eigenvalue weighted by Crippen LogP contribution is -2.08. The van der Waals surface area contributed by atoms with E-state index >= 15 is 0 Å². The molecule has 0 atom stereocenters. The molecule has 0 unspecified atom stereocenters. The van der Waals surface area contributed by atoms with Gasteiger partial charge in [-0.3, -0.25) is 9.11 Å². The van der Waals surface area contributed by atoms with Crippen LogP contribution in [0.1, 0.15) is 0 Å². The minimum Gasteiger partial charge on any atom is -0.359 e. The summed E-state index contributed by atoms with van der Waals surface area (Å²) in [7, 11) is -9.89. The van der Waals surface area contributed by atoms with Crippen molar-refractivity contribution in [3.05, 3.63) is 59.6 Å². The van der Waals surface area contributed by atoms with E-state index in [4.69, 9.17) is 20.0 Å². The van der Waals surface area contributed by atoms with Crippen molar-refractivity contribution in [2.24, 2.45) is 0 Å². The van der Waals surface area contributed by atoms with Gasteiger partial charge in [-0.25, -0.2) is 0 Å². The first-order chi connectivity index (χ1) is 15.5. The van der Waals surface area contributed by atoms with Crippen LogP contribution in [0.25, 0.3) is 42.3 Å². The highest BCUT2D eigenvalue weighted by molar-refractivity contribution is 7.81. The molecular formula is C20H12ClNO8S3. The Bertz CT molecular complexity index is 1790. The summed E-state index contributed by atoms with van der Waals surface area (Å²) in [6.07, 6.45) is 0. The topological polar surface area (TPSA) is 143 Å². The Morgan fingerprint density at radius 3 is 2.24 bits per heavy atom. The maximum Gasteiger partial charge on any atom is 0.446 e. The summed E-state index contributed by atoms with van der Waals surface area (Å²) >= 11 is 7.46. The minimum atomic E-state index is -4.96. The van der Waals surface area contributed by atoms with E-state index in [9.17, 15) is 25.9 Å². The number of nitrogens with one attached hydrogen (secondary N) is 1. The highest BCUT2D eigenvalue weighted by atomic mass is 35.5. The third kappa shape index (κ3) is 4.01. The smallest absolute Gasteiger partial charge is 0.359 e. The Morgan fingerprint density at radius 2 is 1.52 bits per heavy atom. The van der Waals surface area contributed by atoms with Gasteiger partial charge in [0.15, 0.2) is 11.5 Å². The lowest BCUT2D eigenvalue weighted by atomic mass is 10.1. The Labute approximate surface area is 196 Å². The van der Waals surface area contributed by atoms with Crippen molar-refractivity contribution in [3.63, 3.8) is 0 Å². The first-order valence-electron chi connectivity index (χ1n) is 9.10. The molecule has 9 nitrogen and oxygen atoms in total. The van der Waals surface area contributed by atoms with E-state index in [-0.39, 0.29) is 22.1 Å². The Balaban J connectivity index is 1.92. The molecule has 0 fully saturated rings. The molecule has 5 rings (SSSR count). The van der Waals surface area contributed by atoms with Crippen molar-refractivity contribution in [3.8, 4) is 22.1 Å². The third-order valence-corrected chi connectivity index (χ3v) is 7.16. The predicted octanol–water partition coefficient (Wildman–Crippen LogP) is 5.22. The molecule has 0 aliphatic heterocycles. The third-order valence-electron chi connectivity index (χ3n) is 4.86. The molecule has 0 spiro atoms. The number of aromatic nitrogens is 1. The normalized spacial score (nSPS) is 12.6. The molecule has 13 heteroatoms. The van der Waals surface area contributed by atoms with Crippen molar-refractivity contribution in [1.29, 1.82) is 0 Å². The largest absolute Gasteiger partial charge is 0.446 e. The summed E-state index contributed by atoms with van der Waals surface area (Å²) in [5.74, 6) is -0.527. The van der Waals surface area contributed by atoms with Gasteiger partial charge in [0.2, 0.25) is 0 Å². The molecule has 0 saturated heterocycles. The van der Waals surface area contributed by atoms with Crippen LogP contribution >= 0.6 is 22.9 Å². The van der Waals surface area contributed by atoms with E-state index in [2.05, 4.69) is 4.98 Å². The highest BCUT2D eigenvalue weighted by Crippen LogP contribution is 2.51. The van der Waals surface area contributed by atoms with Gasteiger partial charge in [0, 0.05) is 31.4 Å². The first kappa shape index (κ1) is 21.9. The number of thiophene rings is 1. The second-order valence-corrected chi connectivity index (χ2v) is 10.4. The van der Waals surface area contributed by atoms with Crippen LogP contribution in [0.3, 0.4) is 0 Å². The van der Waals surface area contributed by atoms with Crippen LogP contribution in [0.2, 0.25) is 5.02 Å². The fraction of sp³-hybridized carbons (Fsp3) is 0. The van der Waals surface area contributed by atoms with Gasteiger partial charge in [0.1, 0.15) is 5.69 Å². The number of aromatic amines is 1. The van der Waals surface area contributed by atoms with E-state index in [1.807, 2.05) is 6.07 Å². The average Bonchev–Trinajstić information content (AvgIpc) is 3.24. The lowest BCUT2D eigenvalue weighted by Gasteiger charge is -2.06. The number of H-pyrrole nitrogens is 1. The van der Waals surface area contributed by atoms with Crippen molar-refractivity contribution < 1.29 is 34.3 Å². The van der Waals surface area contributed by atoms with Crippen LogP contribution in [0.5, 0.6) is 11.5 Å². The zero-order chi connectivity index (χ0) is 23.5. The molecule has 3 N–H and O–H groups in total. The Hall–Kier alpha value is -2.87. The molecule has 170 valence electrons. The number of fused-ring (bicyclic) bond motifs is 4. The van der Waals surface area contributed by atoms with Gasteiger partial charge in [-0.05, 0) is 29.7 Å². The van der Waals surface area contributed by atoms with Gasteiger partial charge in [0.25, 0.3) is 0 Å². The first-order valence-corrected chi connectivity index (χ1v) is 13.0. The van der Waals surface area contributed by atoms with E-state index in [1.54, 1.807) is 48.5 Å². The van der Waals surface area contributed by atoms with E-state index in [0.717, 1.165) is 16.7 Å². The molecule has 0 aliphatic rings. The fourth-order valence-electron chi connectivity index (χ4n) is 3.68. The molecule has 0 radical (unpaired) electrons. The molecule has 3 aromatic carbocycles. The molecule has 2 heterocycles. The second-order valence-electron chi connectivity index (χ2n) is 6.94. The predicted molar refractivity (Wildman–Crippen MR) is 126 cm³/mol. The SMILES string of the molecule is O=S(=O)(O)Oc1c(-c2sc3c(ccc4cccc(Cl)c43)c2OS(=O)(=O)O)[nH]c2ccccc12. The zero-order valence-electron chi connectivity index (χ0n) is 16.1. The molecule has 2 aromatic heterocycles. The quantitative estimate of drug-likeness (QED) is 0.265. The number of para-hydroxylation sites is 1. The van der Waals surface area contributed by atoms with Crippen molar-refractivity contribution in [2.45, 2.75) is 0 Å². The average molecular weight is 526 g/mol. The highest BCUT2D eigenvalue weighted by Gasteiger charge is 2.28. The molecule has 0 saturated carbocycles. The van der Waals surface area contributed by atoms with Gasteiger partial charge in [0.05, 0.1) is 4.88 Å². The molecule has 0 aliphatic carbocycles. The van der Waals surface area contributed by atoms with Crippen molar-refractivity contribution in [1.82, 2.24) is 4.98 Å². The molecule has 33 heavy (non-hydrogen) atoms. The number of benzene rings is 3. The fourth-order valence-corrected chi connectivity index (χ4v) is 6.13. The second kappa shape index (κ2) is 7.58. The summed E-state index contributed by atoms with van der Waals surface area (Å²) < 4.78 is 75.6. The summed E-state index contributed by atoms with van der Waals surface area (Å²) in [4.78, 5) is 3.08. The van der Waals surface area contributed by atoms with Crippen LogP contribution < -0.4 is 8.37 Å². The summed E-state index contributed by atoms with van der Waals surface area (Å²) in [5.41, 5.74) is 0.471. The van der Waals surface area contributed by atoms with E-state index in [0.29, 0.717) is 31.4 Å². The van der Waals surface area contributed by atoms with E-state index in [1.165, 1.54) is 0 Å². The van der Waals surface area contributed by atoms with Crippen LogP contribution in [-0.4, -0.2) is 30.9 Å². The summed E-state index contributed by atoms with van der Waals surface area (Å²) in [5, 5.41) is 2.40. The van der Waals surface area contributed by atoms with E-state index < -0.39 is 20.8 Å². The maximum absolute atomic E-state index is 11.7. The van der Waals surface area contributed by atoms with Crippen LogP contribution in [0, 0.1) is 0 Å². The Morgan fingerprint density at radius 1 is 0.818 bits per heavy atom. The minimum absolute atomic E-state index is 0.0221.